The van der Waals surface area contributed by atoms with Gasteiger partial charge in [0, 0.05) is 11.8 Å². The molecular weight excluding hydrogens is 331 g/mol. The van der Waals surface area contributed by atoms with Gasteiger partial charge < -0.3 is 10.0 Å². The Labute approximate surface area is 151 Å². The highest BCUT2D eigenvalue weighted by atomic mass is 19.1. The average Bonchev–Trinajstić information content (AvgIpc) is 3.47. The van der Waals surface area contributed by atoms with E-state index in [1.165, 1.54) is 12.1 Å². The number of hydrogen-bond acceptors (Lipinski definition) is 3. The van der Waals surface area contributed by atoms with Crippen molar-refractivity contribution < 1.29 is 14.3 Å². The average molecular weight is 350 g/mol. The summed E-state index contributed by atoms with van der Waals surface area (Å²) in [4.78, 5) is 14.1. The standard InChI is InChI=1S/C21H19FN2O2/c22-15-5-3-4-14(10-15)16-6-1-2-7-17(16)20-18(11-23)24(19(20)12-25)21(26)13-8-9-13/h1-7,10,13,18-20,25H,8-9,12H2/t18-,19+,20+/m0/s1. The van der Waals surface area contributed by atoms with Gasteiger partial charge in [-0.3, -0.25) is 4.79 Å². The van der Waals surface area contributed by atoms with Crippen molar-refractivity contribution >= 4 is 5.91 Å². The summed E-state index contributed by atoms with van der Waals surface area (Å²) in [5.41, 5.74) is 2.42. The van der Waals surface area contributed by atoms with Crippen molar-refractivity contribution in [3.63, 3.8) is 0 Å². The number of rotatable bonds is 4. The predicted molar refractivity (Wildman–Crippen MR) is 94.4 cm³/mol. The summed E-state index contributed by atoms with van der Waals surface area (Å²) >= 11 is 0. The Balaban J connectivity index is 1.73. The highest BCUT2D eigenvalue weighted by Gasteiger charge is 2.54. The number of nitriles is 1. The summed E-state index contributed by atoms with van der Waals surface area (Å²) in [5, 5.41) is 19.6. The van der Waals surface area contributed by atoms with Crippen LogP contribution in [0, 0.1) is 23.1 Å². The van der Waals surface area contributed by atoms with E-state index < -0.39 is 12.1 Å². The van der Waals surface area contributed by atoms with Gasteiger partial charge in [-0.05, 0) is 41.7 Å². The molecule has 3 atom stereocenters. The molecular formula is C21H19FN2O2. The molecule has 1 N–H and O–H groups in total. The quantitative estimate of drug-likeness (QED) is 0.922. The number of carbonyl (C=O) groups is 1. The van der Waals surface area contributed by atoms with E-state index in [9.17, 15) is 19.6 Å². The van der Waals surface area contributed by atoms with Crippen molar-refractivity contribution in [3.05, 3.63) is 59.9 Å². The molecule has 2 aromatic rings. The molecule has 1 aliphatic heterocycles. The molecule has 4 nitrogen and oxygen atoms in total. The van der Waals surface area contributed by atoms with Crippen molar-refractivity contribution in [1.29, 1.82) is 5.26 Å². The molecule has 0 spiro atoms. The fourth-order valence-electron chi connectivity index (χ4n) is 3.93. The molecule has 2 aromatic carbocycles. The summed E-state index contributed by atoms with van der Waals surface area (Å²) in [6.07, 6.45) is 1.71. The van der Waals surface area contributed by atoms with Crippen LogP contribution in [0.25, 0.3) is 11.1 Å². The molecule has 0 unspecified atom stereocenters. The van der Waals surface area contributed by atoms with Gasteiger partial charge in [-0.15, -0.1) is 0 Å². The number of amides is 1. The van der Waals surface area contributed by atoms with Crippen molar-refractivity contribution in [1.82, 2.24) is 4.90 Å². The number of likely N-dealkylation sites (tertiary alicyclic amines) is 1. The van der Waals surface area contributed by atoms with Gasteiger partial charge in [-0.1, -0.05) is 36.4 Å². The highest BCUT2D eigenvalue weighted by Crippen LogP contribution is 2.46. The third-order valence-corrected chi connectivity index (χ3v) is 5.37. The number of hydrogen-bond donors (Lipinski definition) is 1. The first-order valence-corrected chi connectivity index (χ1v) is 8.83. The molecule has 0 aromatic heterocycles. The van der Waals surface area contributed by atoms with Gasteiger partial charge in [0.05, 0.1) is 18.7 Å². The van der Waals surface area contributed by atoms with Gasteiger partial charge in [0.25, 0.3) is 0 Å². The summed E-state index contributed by atoms with van der Waals surface area (Å²) in [6.45, 7) is -0.196. The van der Waals surface area contributed by atoms with Crippen LogP contribution in [0.3, 0.4) is 0 Å². The van der Waals surface area contributed by atoms with Crippen LogP contribution in [-0.2, 0) is 4.79 Å². The first-order chi connectivity index (χ1) is 12.7. The lowest BCUT2D eigenvalue weighted by atomic mass is 9.73. The van der Waals surface area contributed by atoms with Crippen LogP contribution in [0.2, 0.25) is 0 Å². The molecule has 1 amide bonds. The number of nitrogens with zero attached hydrogens (tertiary/aromatic N) is 2. The number of carbonyl (C=O) groups excluding carboxylic acids is 1. The van der Waals surface area contributed by atoms with E-state index in [0.29, 0.717) is 0 Å². The largest absolute Gasteiger partial charge is 0.394 e. The predicted octanol–water partition coefficient (Wildman–Crippen LogP) is 3.08. The molecule has 1 saturated heterocycles. The lowest BCUT2D eigenvalue weighted by Crippen LogP contribution is -2.65. The number of aliphatic hydroxyl groups is 1. The van der Waals surface area contributed by atoms with Crippen LogP contribution in [0.15, 0.2) is 48.5 Å². The summed E-state index contributed by atoms with van der Waals surface area (Å²) in [5.74, 6) is -0.645. The van der Waals surface area contributed by atoms with Gasteiger partial charge >= 0.3 is 0 Å². The lowest BCUT2D eigenvalue weighted by Gasteiger charge is -2.52. The van der Waals surface area contributed by atoms with E-state index in [2.05, 4.69) is 6.07 Å². The fourth-order valence-corrected chi connectivity index (χ4v) is 3.93. The maximum Gasteiger partial charge on any atom is 0.227 e. The third-order valence-electron chi connectivity index (χ3n) is 5.37. The minimum absolute atomic E-state index is 0.000636. The molecule has 1 aliphatic carbocycles. The van der Waals surface area contributed by atoms with Gasteiger partial charge in [0.15, 0.2) is 0 Å². The van der Waals surface area contributed by atoms with Crippen LogP contribution < -0.4 is 0 Å². The van der Waals surface area contributed by atoms with Crippen LogP contribution in [0.4, 0.5) is 4.39 Å². The van der Waals surface area contributed by atoms with E-state index in [4.69, 9.17) is 0 Å². The second kappa shape index (κ2) is 6.54. The van der Waals surface area contributed by atoms with Crippen molar-refractivity contribution in [2.45, 2.75) is 30.8 Å². The minimum atomic E-state index is -0.602. The van der Waals surface area contributed by atoms with Crippen molar-refractivity contribution in [3.8, 4) is 17.2 Å². The van der Waals surface area contributed by atoms with Crippen LogP contribution in [-0.4, -0.2) is 34.6 Å². The minimum Gasteiger partial charge on any atom is -0.394 e. The molecule has 0 radical (unpaired) electrons. The Bertz CT molecular complexity index is 888. The summed E-state index contributed by atoms with van der Waals surface area (Å²) in [6, 6.07) is 15.1. The SMILES string of the molecule is N#C[C@H]1[C@@H](c2ccccc2-c2cccc(F)c2)[C@@H](CO)N1C(=O)C1CC1. The fraction of sp³-hybridized carbons (Fsp3) is 0.333. The van der Waals surface area contributed by atoms with Crippen molar-refractivity contribution in [2.24, 2.45) is 5.92 Å². The maximum absolute atomic E-state index is 13.7. The highest BCUT2D eigenvalue weighted by molar-refractivity contribution is 5.84. The molecule has 2 fully saturated rings. The topological polar surface area (TPSA) is 64.3 Å². The molecule has 132 valence electrons. The summed E-state index contributed by atoms with van der Waals surface area (Å²) < 4.78 is 13.7. The molecule has 1 heterocycles. The number of halogens is 1. The molecule has 26 heavy (non-hydrogen) atoms. The lowest BCUT2D eigenvalue weighted by molar-refractivity contribution is -0.148. The van der Waals surface area contributed by atoms with E-state index >= 15 is 0 Å². The molecule has 1 saturated carbocycles. The van der Waals surface area contributed by atoms with Gasteiger partial charge in [-0.25, -0.2) is 4.39 Å². The van der Waals surface area contributed by atoms with E-state index in [1.54, 1.807) is 11.0 Å². The van der Waals surface area contributed by atoms with Crippen LogP contribution in [0.5, 0.6) is 0 Å². The van der Waals surface area contributed by atoms with Gasteiger partial charge in [0.2, 0.25) is 5.91 Å². The summed E-state index contributed by atoms with van der Waals surface area (Å²) in [7, 11) is 0. The first kappa shape index (κ1) is 16.7. The zero-order valence-corrected chi connectivity index (χ0v) is 14.2. The van der Waals surface area contributed by atoms with E-state index in [0.717, 1.165) is 29.5 Å². The second-order valence-electron chi connectivity index (χ2n) is 6.97. The Hall–Kier alpha value is -2.71. The molecule has 2 aliphatic rings. The second-order valence-corrected chi connectivity index (χ2v) is 6.97. The monoisotopic (exact) mass is 350 g/mol. The zero-order chi connectivity index (χ0) is 18.3. The Morgan fingerprint density at radius 3 is 2.65 bits per heavy atom. The molecule has 4 rings (SSSR count). The Morgan fingerprint density at radius 2 is 2.00 bits per heavy atom. The first-order valence-electron chi connectivity index (χ1n) is 8.83. The normalized spacial score (nSPS) is 24.7. The van der Waals surface area contributed by atoms with Crippen LogP contribution in [0.1, 0.15) is 24.3 Å². The van der Waals surface area contributed by atoms with E-state index in [-0.39, 0.29) is 30.2 Å². The molecule has 5 heteroatoms. The zero-order valence-electron chi connectivity index (χ0n) is 14.2. The molecule has 0 bridgehead atoms. The number of aliphatic hydroxyl groups excluding tert-OH is 1. The smallest absolute Gasteiger partial charge is 0.227 e. The third kappa shape index (κ3) is 2.67. The maximum atomic E-state index is 13.7. The van der Waals surface area contributed by atoms with Crippen molar-refractivity contribution in [2.75, 3.05) is 6.61 Å². The van der Waals surface area contributed by atoms with E-state index in [1.807, 2.05) is 30.3 Å². The Kier molecular flexibility index (Phi) is 4.21. The Morgan fingerprint density at radius 1 is 1.23 bits per heavy atom. The van der Waals surface area contributed by atoms with Crippen LogP contribution >= 0.6 is 0 Å². The van der Waals surface area contributed by atoms with Gasteiger partial charge in [0.1, 0.15) is 11.9 Å². The number of benzene rings is 2. The van der Waals surface area contributed by atoms with Gasteiger partial charge in [-0.2, -0.15) is 5.26 Å².